The molecule has 1 aromatic rings. The molecule has 0 aliphatic heterocycles. The molecule has 2 unspecified atom stereocenters. The molecule has 1 aromatic carbocycles. The van der Waals surface area contributed by atoms with Crippen LogP contribution in [0.5, 0.6) is 0 Å². The molecular formula is C12H17FO7P2+2. The lowest BCUT2D eigenvalue weighted by Crippen LogP contribution is -2.40. The third-order valence-electron chi connectivity index (χ3n) is 2.62. The van der Waals surface area contributed by atoms with Gasteiger partial charge in [0.2, 0.25) is 0 Å². The van der Waals surface area contributed by atoms with Crippen molar-refractivity contribution in [2.45, 2.75) is 12.0 Å². The van der Waals surface area contributed by atoms with Crippen molar-refractivity contribution >= 4 is 16.5 Å². The average molecular weight is 354 g/mol. The Balaban J connectivity index is 2.76. The molecule has 0 radical (unpaired) electrons. The van der Waals surface area contributed by atoms with E-state index in [1.165, 1.54) is 38.5 Å². The average Bonchev–Trinajstić information content (AvgIpc) is 2.52. The van der Waals surface area contributed by atoms with E-state index in [0.29, 0.717) is 5.56 Å². The van der Waals surface area contributed by atoms with Gasteiger partial charge in [0, 0.05) is 15.6 Å². The molecule has 2 atom stereocenters. The topological polar surface area (TPSA) is 91.3 Å². The molecule has 0 aromatic heterocycles. The van der Waals surface area contributed by atoms with Gasteiger partial charge >= 0.3 is 16.5 Å². The summed E-state index contributed by atoms with van der Waals surface area (Å²) in [4.78, 5) is 0. The van der Waals surface area contributed by atoms with Crippen molar-refractivity contribution in [3.8, 4) is 0 Å². The second-order valence-electron chi connectivity index (χ2n) is 4.39. The van der Waals surface area contributed by atoms with Gasteiger partial charge in [0.1, 0.15) is 24.6 Å². The van der Waals surface area contributed by atoms with Crippen LogP contribution in [0.4, 0.5) is 4.39 Å². The molecule has 1 rings (SSSR count). The monoisotopic (exact) mass is 354 g/mol. The number of rotatable bonds is 10. The third-order valence-corrected chi connectivity index (χ3v) is 3.90. The van der Waals surface area contributed by atoms with E-state index in [9.17, 15) is 18.6 Å². The van der Waals surface area contributed by atoms with E-state index in [2.05, 4.69) is 9.05 Å². The molecule has 22 heavy (non-hydrogen) atoms. The van der Waals surface area contributed by atoms with Gasteiger partial charge < -0.3 is 5.11 Å². The number of hydrogen-bond acceptors (Lipinski definition) is 7. The molecule has 0 spiro atoms. The lowest BCUT2D eigenvalue weighted by Gasteiger charge is -2.22. The van der Waals surface area contributed by atoms with E-state index in [4.69, 9.17) is 9.05 Å². The SMILES string of the molecule is CO[P+](=O)OCC(O)(CO[P+](=O)OC)Cc1ccc(F)cc1. The molecule has 1 N–H and O–H groups in total. The molecule has 10 heteroatoms. The van der Waals surface area contributed by atoms with Crippen LogP contribution in [0.1, 0.15) is 5.56 Å². The highest BCUT2D eigenvalue weighted by Gasteiger charge is 2.37. The van der Waals surface area contributed by atoms with Gasteiger partial charge in [-0.3, -0.25) is 0 Å². The molecule has 0 amide bonds. The van der Waals surface area contributed by atoms with Gasteiger partial charge in [-0.2, -0.15) is 0 Å². The zero-order valence-electron chi connectivity index (χ0n) is 12.1. The highest BCUT2D eigenvalue weighted by atomic mass is 31.1. The quantitative estimate of drug-likeness (QED) is 0.646. The first-order valence-corrected chi connectivity index (χ1v) is 8.33. The molecule has 122 valence electrons. The van der Waals surface area contributed by atoms with Crippen LogP contribution in [-0.2, 0) is 33.6 Å². The Morgan fingerprint density at radius 2 is 1.50 bits per heavy atom. The Bertz CT molecular complexity index is 489. The number of hydrogen-bond donors (Lipinski definition) is 1. The number of benzene rings is 1. The second-order valence-corrected chi connectivity index (χ2v) is 6.53. The third kappa shape index (κ3) is 6.94. The van der Waals surface area contributed by atoms with Gasteiger partial charge in [-0.05, 0) is 17.7 Å². The first kappa shape index (κ1) is 19.2. The Morgan fingerprint density at radius 3 is 1.91 bits per heavy atom. The van der Waals surface area contributed by atoms with E-state index in [1.54, 1.807) is 0 Å². The van der Waals surface area contributed by atoms with Crippen molar-refractivity contribution in [2.75, 3.05) is 27.4 Å². The molecule has 0 aliphatic carbocycles. The highest BCUT2D eigenvalue weighted by molar-refractivity contribution is 7.33. The van der Waals surface area contributed by atoms with Crippen LogP contribution in [0.3, 0.4) is 0 Å². The van der Waals surface area contributed by atoms with Gasteiger partial charge in [-0.15, -0.1) is 18.1 Å². The fourth-order valence-corrected chi connectivity index (χ4v) is 2.48. The van der Waals surface area contributed by atoms with Crippen LogP contribution >= 0.6 is 16.5 Å². The fraction of sp³-hybridized carbons (Fsp3) is 0.500. The molecule has 0 heterocycles. The molecule has 0 bridgehead atoms. The van der Waals surface area contributed by atoms with Gasteiger partial charge in [0.25, 0.3) is 0 Å². The predicted octanol–water partition coefficient (Wildman–Crippen LogP) is 2.74. The lowest BCUT2D eigenvalue weighted by atomic mass is 9.96. The van der Waals surface area contributed by atoms with E-state index in [0.717, 1.165) is 0 Å². The fourth-order valence-electron chi connectivity index (χ4n) is 1.58. The van der Waals surface area contributed by atoms with E-state index < -0.39 is 27.9 Å². The largest absolute Gasteiger partial charge is 0.697 e. The summed E-state index contributed by atoms with van der Waals surface area (Å²) in [6.45, 7) is -0.777. The maximum atomic E-state index is 12.9. The smallest absolute Gasteiger partial charge is 0.384 e. The molecule has 0 aliphatic rings. The van der Waals surface area contributed by atoms with Gasteiger partial charge in [0.05, 0.1) is 14.2 Å². The minimum absolute atomic E-state index is 0.00700. The van der Waals surface area contributed by atoms with Gasteiger partial charge in [-0.25, -0.2) is 4.39 Å². The van der Waals surface area contributed by atoms with Crippen molar-refractivity contribution in [3.63, 3.8) is 0 Å². The van der Waals surface area contributed by atoms with E-state index in [-0.39, 0.29) is 19.6 Å². The number of aliphatic hydroxyl groups is 1. The van der Waals surface area contributed by atoms with E-state index in [1.807, 2.05) is 0 Å². The van der Waals surface area contributed by atoms with Gasteiger partial charge in [-0.1, -0.05) is 12.1 Å². The van der Waals surface area contributed by atoms with Crippen molar-refractivity contribution in [3.05, 3.63) is 35.6 Å². The summed E-state index contributed by atoms with van der Waals surface area (Å²) in [6.07, 6.45) is 0.00700. The summed E-state index contributed by atoms with van der Waals surface area (Å²) in [5.74, 6) is -0.412. The van der Waals surface area contributed by atoms with Crippen LogP contribution in [0.25, 0.3) is 0 Å². The van der Waals surface area contributed by atoms with Crippen LogP contribution in [0.2, 0.25) is 0 Å². The predicted molar refractivity (Wildman–Crippen MR) is 76.2 cm³/mol. The molecule has 7 nitrogen and oxygen atoms in total. The molecular weight excluding hydrogens is 337 g/mol. The Morgan fingerprint density at radius 1 is 1.05 bits per heavy atom. The summed E-state index contributed by atoms with van der Waals surface area (Å²) >= 11 is 0. The minimum atomic E-state index is -2.38. The summed E-state index contributed by atoms with van der Waals surface area (Å²) in [5.41, 5.74) is -1.04. The summed E-state index contributed by atoms with van der Waals surface area (Å²) in [5, 5.41) is 10.5. The normalized spacial score (nSPS) is 15.3. The second kappa shape index (κ2) is 9.33. The van der Waals surface area contributed by atoms with Crippen LogP contribution < -0.4 is 0 Å². The first-order valence-electron chi connectivity index (χ1n) is 6.14. The summed E-state index contributed by atoms with van der Waals surface area (Å²) < 4.78 is 53.9. The minimum Gasteiger partial charge on any atom is -0.384 e. The maximum Gasteiger partial charge on any atom is 0.697 e. The van der Waals surface area contributed by atoms with Crippen LogP contribution in [-0.4, -0.2) is 38.1 Å². The van der Waals surface area contributed by atoms with Crippen molar-refractivity contribution < 1.29 is 36.7 Å². The van der Waals surface area contributed by atoms with Crippen molar-refractivity contribution in [2.24, 2.45) is 0 Å². The highest BCUT2D eigenvalue weighted by Crippen LogP contribution is 2.29. The zero-order valence-corrected chi connectivity index (χ0v) is 13.9. The Labute approximate surface area is 129 Å². The zero-order chi connectivity index (χ0) is 16.6. The first-order chi connectivity index (χ1) is 10.4. The standard InChI is InChI=1S/C12H17FO7P2/c1-17-21(15)19-8-12(14,9-20-22(16)18-2)7-10-3-5-11(13)6-4-10/h3-6,14H,7-9H2,1-2H3/q+2. The number of halogens is 1. The van der Waals surface area contributed by atoms with Crippen molar-refractivity contribution in [1.29, 1.82) is 0 Å². The lowest BCUT2D eigenvalue weighted by molar-refractivity contribution is -0.0413. The van der Waals surface area contributed by atoms with E-state index >= 15 is 0 Å². The van der Waals surface area contributed by atoms with Gasteiger partial charge in [0.15, 0.2) is 0 Å². The maximum absolute atomic E-state index is 12.9. The Hall–Kier alpha value is -0.850. The molecule has 0 saturated carbocycles. The summed E-state index contributed by atoms with van der Waals surface area (Å²) in [7, 11) is -2.38. The molecule has 0 saturated heterocycles. The summed E-state index contributed by atoms with van der Waals surface area (Å²) in [6, 6.07) is 5.44. The Kier molecular flexibility index (Phi) is 8.14. The van der Waals surface area contributed by atoms with Crippen molar-refractivity contribution in [1.82, 2.24) is 0 Å². The van der Waals surface area contributed by atoms with Crippen LogP contribution in [0.15, 0.2) is 24.3 Å². The molecule has 0 fully saturated rings. The van der Waals surface area contributed by atoms with Crippen LogP contribution in [0, 0.1) is 5.82 Å².